The van der Waals surface area contributed by atoms with Crippen molar-refractivity contribution in [2.75, 3.05) is 40.3 Å². The summed E-state index contributed by atoms with van der Waals surface area (Å²) in [4.78, 5) is 28.9. The number of hydrogen-bond acceptors (Lipinski definition) is 4. The number of aliphatic imine (C=N–C) groups is 2. The molecule has 6 nitrogen and oxygen atoms in total. The first-order chi connectivity index (χ1) is 15.6. The molecule has 2 atom stereocenters. The van der Waals surface area contributed by atoms with Gasteiger partial charge in [-0.25, -0.2) is 4.99 Å². The lowest BCUT2D eigenvalue weighted by molar-refractivity contribution is -0.130. The molecule has 0 aromatic heterocycles. The van der Waals surface area contributed by atoms with Crippen molar-refractivity contribution in [2.45, 2.75) is 85.4 Å². The predicted molar refractivity (Wildman–Crippen MR) is 141 cm³/mol. The molecule has 2 rings (SSSR count). The second kappa shape index (κ2) is 12.8. The van der Waals surface area contributed by atoms with Gasteiger partial charge in [-0.15, -0.1) is 0 Å². The van der Waals surface area contributed by atoms with E-state index in [2.05, 4.69) is 61.0 Å². The van der Waals surface area contributed by atoms with Crippen LogP contribution in [-0.2, 0) is 4.79 Å². The highest BCUT2D eigenvalue weighted by Gasteiger charge is 2.36. The van der Waals surface area contributed by atoms with E-state index in [1.54, 1.807) is 0 Å². The highest BCUT2D eigenvalue weighted by Crippen LogP contribution is 2.36. The minimum absolute atomic E-state index is 0.159. The zero-order chi connectivity index (χ0) is 24.7. The summed E-state index contributed by atoms with van der Waals surface area (Å²) in [7, 11) is 3.98. The molecule has 1 aliphatic heterocycles. The quantitative estimate of drug-likeness (QED) is 0.360. The normalized spacial score (nSPS) is 27.1. The monoisotopic (exact) mass is 459 g/mol. The van der Waals surface area contributed by atoms with Crippen molar-refractivity contribution in [2.24, 2.45) is 27.7 Å². The number of carbonyl (C=O) groups excluding carboxylic acids is 1. The minimum Gasteiger partial charge on any atom is -0.333 e. The van der Waals surface area contributed by atoms with Gasteiger partial charge in [0, 0.05) is 69.4 Å². The standard InChI is InChI=1S/C27H49N5O/c1-10-24-17-31(20(5)6)18-25(11-2)32(24)27(28-8)29-14-21(7)15-30(9)16-22-12-23(13-22)26(33)19(3)4/h14,19-20,22-25H,7,10-13,15-18H2,1-6,8-9H3/b28-27?,29-14-. The first-order valence-corrected chi connectivity index (χ1v) is 13.0. The van der Waals surface area contributed by atoms with Crippen molar-refractivity contribution in [3.63, 3.8) is 0 Å². The average Bonchev–Trinajstić information content (AvgIpc) is 2.75. The van der Waals surface area contributed by atoms with Crippen LogP contribution in [0.2, 0.25) is 0 Å². The van der Waals surface area contributed by atoms with Gasteiger partial charge in [0.25, 0.3) is 0 Å². The Kier molecular flexibility index (Phi) is 10.7. The zero-order valence-electron chi connectivity index (χ0n) is 22.5. The molecule has 0 bridgehead atoms. The number of carbonyl (C=O) groups is 1. The Bertz CT molecular complexity index is 693. The molecule has 1 heterocycles. The Labute approximate surface area is 203 Å². The van der Waals surface area contributed by atoms with Crippen molar-refractivity contribution < 1.29 is 4.79 Å². The van der Waals surface area contributed by atoms with Gasteiger partial charge >= 0.3 is 0 Å². The second-order valence-electron chi connectivity index (χ2n) is 10.8. The van der Waals surface area contributed by atoms with E-state index in [-0.39, 0.29) is 11.8 Å². The van der Waals surface area contributed by atoms with E-state index < -0.39 is 0 Å². The molecular weight excluding hydrogens is 410 g/mol. The molecule has 0 spiro atoms. The van der Waals surface area contributed by atoms with Crippen LogP contribution in [0, 0.1) is 17.8 Å². The van der Waals surface area contributed by atoms with Crippen molar-refractivity contribution >= 4 is 18.0 Å². The predicted octanol–water partition coefficient (Wildman–Crippen LogP) is 4.37. The maximum Gasteiger partial charge on any atom is 0.220 e. The lowest BCUT2D eigenvalue weighted by atomic mass is 9.70. The Morgan fingerprint density at radius 1 is 1.12 bits per heavy atom. The lowest BCUT2D eigenvalue weighted by Gasteiger charge is -2.48. The third-order valence-electron chi connectivity index (χ3n) is 7.39. The number of ketones is 1. The summed E-state index contributed by atoms with van der Waals surface area (Å²) in [6.07, 6.45) is 6.14. The smallest absolute Gasteiger partial charge is 0.220 e. The van der Waals surface area contributed by atoms with E-state index in [9.17, 15) is 4.79 Å². The molecular formula is C27H49N5O. The van der Waals surface area contributed by atoms with Gasteiger partial charge in [-0.2, -0.15) is 0 Å². The van der Waals surface area contributed by atoms with Crippen LogP contribution in [0.4, 0.5) is 0 Å². The van der Waals surface area contributed by atoms with E-state index in [0.717, 1.165) is 63.4 Å². The lowest BCUT2D eigenvalue weighted by Crippen LogP contribution is -2.61. The van der Waals surface area contributed by atoms with Crippen LogP contribution in [-0.4, -0.2) is 91.1 Å². The summed E-state index contributed by atoms with van der Waals surface area (Å²) in [5.74, 6) is 2.32. The average molecular weight is 460 g/mol. The van der Waals surface area contributed by atoms with E-state index >= 15 is 0 Å². The number of hydrogen-bond donors (Lipinski definition) is 0. The Morgan fingerprint density at radius 2 is 1.70 bits per heavy atom. The molecule has 0 N–H and O–H groups in total. The summed E-state index contributed by atoms with van der Waals surface area (Å²) >= 11 is 0. The molecule has 33 heavy (non-hydrogen) atoms. The van der Waals surface area contributed by atoms with E-state index in [1.165, 1.54) is 0 Å². The number of Topliss-reactive ketones (excluding diaryl/α,β-unsaturated/α-hetero) is 1. The highest BCUT2D eigenvalue weighted by atomic mass is 16.1. The van der Waals surface area contributed by atoms with Gasteiger partial charge in [-0.1, -0.05) is 34.3 Å². The molecule has 6 heteroatoms. The molecule has 2 fully saturated rings. The van der Waals surface area contributed by atoms with Gasteiger partial charge in [0.05, 0.1) is 0 Å². The fraction of sp³-hybridized carbons (Fsp3) is 0.815. The largest absolute Gasteiger partial charge is 0.333 e. The van der Waals surface area contributed by atoms with Crippen molar-refractivity contribution in [1.29, 1.82) is 0 Å². The van der Waals surface area contributed by atoms with E-state index in [4.69, 9.17) is 4.99 Å². The van der Waals surface area contributed by atoms with Crippen molar-refractivity contribution in [1.82, 2.24) is 14.7 Å². The van der Waals surface area contributed by atoms with Crippen LogP contribution >= 0.6 is 0 Å². The highest BCUT2D eigenvalue weighted by molar-refractivity contribution is 5.93. The zero-order valence-corrected chi connectivity index (χ0v) is 22.5. The Hall–Kier alpha value is -1.53. The maximum atomic E-state index is 12.1. The molecule has 2 aliphatic rings. The van der Waals surface area contributed by atoms with Crippen LogP contribution in [0.15, 0.2) is 22.1 Å². The number of nitrogens with zero attached hydrogens (tertiary/aromatic N) is 5. The van der Waals surface area contributed by atoms with Crippen molar-refractivity contribution in [3.05, 3.63) is 12.2 Å². The van der Waals surface area contributed by atoms with Crippen LogP contribution in [0.5, 0.6) is 0 Å². The number of likely N-dealkylation sites (N-methyl/N-ethyl adjacent to an activating group) is 1. The van der Waals surface area contributed by atoms with Crippen LogP contribution in [0.3, 0.4) is 0 Å². The summed E-state index contributed by atoms with van der Waals surface area (Å²) in [6.45, 7) is 21.3. The molecule has 0 amide bonds. The molecule has 0 radical (unpaired) electrons. The van der Waals surface area contributed by atoms with Gasteiger partial charge in [0.1, 0.15) is 5.78 Å². The topological polar surface area (TPSA) is 51.5 Å². The van der Waals surface area contributed by atoms with E-state index in [0.29, 0.717) is 29.8 Å². The summed E-state index contributed by atoms with van der Waals surface area (Å²) in [5.41, 5.74) is 0.995. The van der Waals surface area contributed by atoms with Crippen LogP contribution in [0.1, 0.15) is 67.2 Å². The van der Waals surface area contributed by atoms with Crippen LogP contribution < -0.4 is 0 Å². The summed E-state index contributed by atoms with van der Waals surface area (Å²) in [6, 6.07) is 1.42. The van der Waals surface area contributed by atoms with Gasteiger partial charge in [0.15, 0.2) is 0 Å². The maximum absolute atomic E-state index is 12.1. The molecule has 2 unspecified atom stereocenters. The molecule has 0 aromatic rings. The van der Waals surface area contributed by atoms with Crippen LogP contribution in [0.25, 0.3) is 0 Å². The first-order valence-electron chi connectivity index (χ1n) is 13.0. The molecule has 1 saturated carbocycles. The number of guanidine groups is 1. The summed E-state index contributed by atoms with van der Waals surface area (Å²) in [5, 5.41) is 0. The third kappa shape index (κ3) is 7.48. The van der Waals surface area contributed by atoms with Gasteiger partial charge in [0.2, 0.25) is 5.96 Å². The molecule has 0 aromatic carbocycles. The van der Waals surface area contributed by atoms with Crippen molar-refractivity contribution in [3.8, 4) is 0 Å². The summed E-state index contributed by atoms with van der Waals surface area (Å²) < 4.78 is 0. The van der Waals surface area contributed by atoms with Gasteiger partial charge in [-0.05, 0) is 58.1 Å². The third-order valence-corrected chi connectivity index (χ3v) is 7.39. The fourth-order valence-corrected chi connectivity index (χ4v) is 5.36. The van der Waals surface area contributed by atoms with E-state index in [1.807, 2.05) is 27.1 Å². The number of piperazine rings is 1. The first kappa shape index (κ1) is 27.7. The molecule has 1 aliphatic carbocycles. The molecule has 1 saturated heterocycles. The van der Waals surface area contributed by atoms with Gasteiger partial charge < -0.3 is 9.80 Å². The molecule has 188 valence electrons. The minimum atomic E-state index is 0.159. The Balaban J connectivity index is 1.91. The SMILES string of the molecule is C=C(/C=N\C(=NC)N1C(CC)CN(C(C)C)CC1CC)CN(C)CC1CC(C(=O)C(C)C)C1. The van der Waals surface area contributed by atoms with Gasteiger partial charge in [-0.3, -0.25) is 14.7 Å². The Morgan fingerprint density at radius 3 is 2.15 bits per heavy atom. The second-order valence-corrected chi connectivity index (χ2v) is 10.8. The number of rotatable bonds is 10. The fourth-order valence-electron chi connectivity index (χ4n) is 5.36.